The summed E-state index contributed by atoms with van der Waals surface area (Å²) in [5, 5.41) is 6.60. The molecule has 0 atom stereocenters. The first-order valence-electron chi connectivity index (χ1n) is 8.11. The highest BCUT2D eigenvalue weighted by Crippen LogP contribution is 2.27. The lowest BCUT2D eigenvalue weighted by atomic mass is 10.2. The lowest BCUT2D eigenvalue weighted by Gasteiger charge is -2.14. The van der Waals surface area contributed by atoms with Crippen molar-refractivity contribution in [3.8, 4) is 11.5 Å². The average molecular weight is 330 g/mol. The molecular formula is C18H26N4O2. The Bertz CT molecular complexity index is 638. The van der Waals surface area contributed by atoms with Gasteiger partial charge in [0, 0.05) is 39.1 Å². The van der Waals surface area contributed by atoms with E-state index in [2.05, 4.69) is 20.2 Å². The van der Waals surface area contributed by atoms with Gasteiger partial charge in [-0.25, -0.2) is 0 Å². The molecule has 0 saturated carbocycles. The predicted molar refractivity (Wildman–Crippen MR) is 96.8 cm³/mol. The first-order chi connectivity index (χ1) is 11.8. The maximum atomic E-state index is 5.53. The van der Waals surface area contributed by atoms with Crippen molar-refractivity contribution < 1.29 is 9.47 Å². The second-order valence-electron chi connectivity index (χ2n) is 5.19. The highest BCUT2D eigenvalue weighted by molar-refractivity contribution is 5.79. The Balaban J connectivity index is 1.83. The van der Waals surface area contributed by atoms with Gasteiger partial charge in [0.15, 0.2) is 17.5 Å². The van der Waals surface area contributed by atoms with E-state index in [0.29, 0.717) is 13.2 Å². The van der Waals surface area contributed by atoms with E-state index in [1.165, 1.54) is 0 Å². The molecule has 0 aliphatic carbocycles. The summed E-state index contributed by atoms with van der Waals surface area (Å²) in [6.45, 7) is 4.93. The molecule has 1 heterocycles. The van der Waals surface area contributed by atoms with Crippen LogP contribution in [0.1, 0.15) is 12.5 Å². The molecular weight excluding hydrogens is 304 g/mol. The zero-order chi connectivity index (χ0) is 17.2. The van der Waals surface area contributed by atoms with Gasteiger partial charge in [-0.2, -0.15) is 0 Å². The van der Waals surface area contributed by atoms with Gasteiger partial charge in [0.1, 0.15) is 0 Å². The molecule has 0 amide bonds. The number of nitrogens with one attached hydrogen (secondary N) is 2. The van der Waals surface area contributed by atoms with Crippen molar-refractivity contribution in [2.45, 2.75) is 20.0 Å². The van der Waals surface area contributed by atoms with E-state index in [0.717, 1.165) is 36.1 Å². The SMILES string of the molecule is CCOc1ccc(CNC(=NC)NCCn2cccc2)cc1OC. The van der Waals surface area contributed by atoms with E-state index in [-0.39, 0.29) is 0 Å². The van der Waals surface area contributed by atoms with Crippen molar-refractivity contribution in [2.75, 3.05) is 27.3 Å². The van der Waals surface area contributed by atoms with E-state index in [4.69, 9.17) is 9.47 Å². The van der Waals surface area contributed by atoms with Crippen LogP contribution in [-0.2, 0) is 13.1 Å². The summed E-state index contributed by atoms with van der Waals surface area (Å²) in [7, 11) is 3.42. The van der Waals surface area contributed by atoms with Gasteiger partial charge in [-0.3, -0.25) is 4.99 Å². The second kappa shape index (κ2) is 9.50. The maximum absolute atomic E-state index is 5.53. The van der Waals surface area contributed by atoms with E-state index >= 15 is 0 Å². The van der Waals surface area contributed by atoms with Gasteiger partial charge >= 0.3 is 0 Å². The van der Waals surface area contributed by atoms with E-state index in [1.54, 1.807) is 14.2 Å². The summed E-state index contributed by atoms with van der Waals surface area (Å²) >= 11 is 0. The molecule has 0 saturated heterocycles. The van der Waals surface area contributed by atoms with Crippen molar-refractivity contribution in [2.24, 2.45) is 4.99 Å². The summed E-state index contributed by atoms with van der Waals surface area (Å²) < 4.78 is 13.0. The molecule has 2 rings (SSSR count). The minimum absolute atomic E-state index is 0.617. The molecule has 0 radical (unpaired) electrons. The second-order valence-corrected chi connectivity index (χ2v) is 5.19. The van der Waals surface area contributed by atoms with Crippen molar-refractivity contribution in [1.29, 1.82) is 0 Å². The molecule has 1 aromatic heterocycles. The number of ether oxygens (including phenoxy) is 2. The number of benzene rings is 1. The molecule has 6 heteroatoms. The first kappa shape index (κ1) is 17.7. The van der Waals surface area contributed by atoms with Gasteiger partial charge in [-0.15, -0.1) is 0 Å². The van der Waals surface area contributed by atoms with Crippen molar-refractivity contribution in [3.63, 3.8) is 0 Å². The third-order valence-electron chi connectivity index (χ3n) is 3.54. The normalized spacial score (nSPS) is 11.2. The highest BCUT2D eigenvalue weighted by atomic mass is 16.5. The zero-order valence-electron chi connectivity index (χ0n) is 14.6. The number of methoxy groups -OCH3 is 1. The van der Waals surface area contributed by atoms with Crippen LogP contribution in [0.25, 0.3) is 0 Å². The van der Waals surface area contributed by atoms with Crippen LogP contribution in [0, 0.1) is 0 Å². The fraction of sp³-hybridized carbons (Fsp3) is 0.389. The first-order valence-corrected chi connectivity index (χ1v) is 8.11. The van der Waals surface area contributed by atoms with E-state index in [9.17, 15) is 0 Å². The molecule has 0 aliphatic heterocycles. The van der Waals surface area contributed by atoms with E-state index in [1.807, 2.05) is 49.6 Å². The van der Waals surface area contributed by atoms with E-state index < -0.39 is 0 Å². The van der Waals surface area contributed by atoms with Gasteiger partial charge < -0.3 is 24.7 Å². The topological polar surface area (TPSA) is 59.8 Å². The van der Waals surface area contributed by atoms with Gasteiger partial charge in [-0.1, -0.05) is 6.07 Å². The fourth-order valence-electron chi connectivity index (χ4n) is 2.33. The highest BCUT2D eigenvalue weighted by Gasteiger charge is 2.06. The van der Waals surface area contributed by atoms with Crippen LogP contribution in [0.4, 0.5) is 0 Å². The molecule has 0 spiro atoms. The van der Waals surface area contributed by atoms with Crippen LogP contribution in [0.15, 0.2) is 47.7 Å². The van der Waals surface area contributed by atoms with Crippen LogP contribution >= 0.6 is 0 Å². The molecule has 0 aliphatic rings. The Morgan fingerprint density at radius 1 is 1.17 bits per heavy atom. The molecule has 0 bridgehead atoms. The smallest absolute Gasteiger partial charge is 0.191 e. The monoisotopic (exact) mass is 330 g/mol. The standard InChI is InChI=1S/C18H26N4O2/c1-4-24-16-8-7-15(13-17(16)23-3)14-21-18(19-2)20-9-12-22-10-5-6-11-22/h5-8,10-11,13H,4,9,12,14H2,1-3H3,(H2,19,20,21). The number of aliphatic imine (C=N–C) groups is 1. The predicted octanol–water partition coefficient (Wildman–Crippen LogP) is 2.26. The minimum Gasteiger partial charge on any atom is -0.493 e. The molecule has 0 unspecified atom stereocenters. The van der Waals surface area contributed by atoms with Gasteiger partial charge in [0.25, 0.3) is 0 Å². The van der Waals surface area contributed by atoms with Gasteiger partial charge in [0.05, 0.1) is 13.7 Å². The molecule has 1 aromatic carbocycles. The number of rotatable bonds is 8. The number of hydrogen-bond acceptors (Lipinski definition) is 3. The number of guanidine groups is 1. The quantitative estimate of drug-likeness (QED) is 0.576. The summed E-state index contributed by atoms with van der Waals surface area (Å²) in [6, 6.07) is 9.97. The third kappa shape index (κ3) is 5.22. The molecule has 130 valence electrons. The van der Waals surface area contributed by atoms with Crippen LogP contribution in [0.5, 0.6) is 11.5 Å². The molecule has 2 aromatic rings. The van der Waals surface area contributed by atoms with Crippen LogP contribution in [0.2, 0.25) is 0 Å². The van der Waals surface area contributed by atoms with Crippen LogP contribution in [-0.4, -0.2) is 37.8 Å². The Morgan fingerprint density at radius 3 is 2.62 bits per heavy atom. The van der Waals surface area contributed by atoms with Crippen molar-refractivity contribution in [3.05, 3.63) is 48.3 Å². The zero-order valence-corrected chi connectivity index (χ0v) is 14.6. The molecule has 6 nitrogen and oxygen atoms in total. The largest absolute Gasteiger partial charge is 0.493 e. The molecule has 24 heavy (non-hydrogen) atoms. The third-order valence-corrected chi connectivity index (χ3v) is 3.54. The van der Waals surface area contributed by atoms with Gasteiger partial charge in [-0.05, 0) is 36.8 Å². The number of hydrogen-bond donors (Lipinski definition) is 2. The molecule has 0 fully saturated rings. The summed E-state index contributed by atoms with van der Waals surface area (Å²) in [6.07, 6.45) is 4.09. The van der Waals surface area contributed by atoms with Gasteiger partial charge in [0.2, 0.25) is 0 Å². The van der Waals surface area contributed by atoms with Crippen molar-refractivity contribution in [1.82, 2.24) is 15.2 Å². The van der Waals surface area contributed by atoms with Crippen LogP contribution in [0.3, 0.4) is 0 Å². The Hall–Kier alpha value is -2.63. The summed E-state index contributed by atoms with van der Waals surface area (Å²) in [4.78, 5) is 4.24. The number of nitrogens with zero attached hydrogens (tertiary/aromatic N) is 2. The lowest BCUT2D eigenvalue weighted by molar-refractivity contribution is 0.310. The number of aromatic nitrogens is 1. The van der Waals surface area contributed by atoms with Crippen LogP contribution < -0.4 is 20.1 Å². The summed E-state index contributed by atoms with van der Waals surface area (Å²) in [5.41, 5.74) is 1.10. The Kier molecular flexibility index (Phi) is 7.01. The minimum atomic E-state index is 0.617. The van der Waals surface area contributed by atoms with Crippen molar-refractivity contribution >= 4 is 5.96 Å². The average Bonchev–Trinajstić information content (AvgIpc) is 3.12. The Morgan fingerprint density at radius 2 is 1.96 bits per heavy atom. The fourth-order valence-corrected chi connectivity index (χ4v) is 2.33. The maximum Gasteiger partial charge on any atom is 0.191 e. The lowest BCUT2D eigenvalue weighted by Crippen LogP contribution is -2.38. The summed E-state index contributed by atoms with van der Waals surface area (Å²) in [5.74, 6) is 2.28. The Labute approximate surface area is 143 Å². The molecule has 2 N–H and O–H groups in total.